The molecule has 3 rings (SSSR count). The van der Waals surface area contributed by atoms with Crippen molar-refractivity contribution in [2.45, 2.75) is 19.9 Å². The van der Waals surface area contributed by atoms with Gasteiger partial charge in [-0.1, -0.05) is 6.07 Å². The van der Waals surface area contributed by atoms with E-state index in [9.17, 15) is 4.79 Å². The van der Waals surface area contributed by atoms with Crippen LogP contribution in [0.25, 0.3) is 0 Å². The molecular weight excluding hydrogens is 258 g/mol. The van der Waals surface area contributed by atoms with Crippen molar-refractivity contribution < 1.29 is 18.7 Å². The summed E-state index contributed by atoms with van der Waals surface area (Å²) in [4.78, 5) is 12.1. The molecule has 1 aliphatic heterocycles. The largest absolute Gasteiger partial charge is 0.469 e. The predicted molar refractivity (Wildman–Crippen MR) is 71.9 cm³/mol. The molecule has 0 spiro atoms. The third-order valence-corrected chi connectivity index (χ3v) is 3.35. The number of carbonyl (C=O) groups is 1. The van der Waals surface area contributed by atoms with Crippen molar-refractivity contribution in [1.29, 1.82) is 0 Å². The van der Waals surface area contributed by atoms with E-state index in [1.807, 2.05) is 25.1 Å². The lowest BCUT2D eigenvalue weighted by Gasteiger charge is -2.14. The quantitative estimate of drug-likeness (QED) is 0.934. The average molecular weight is 273 g/mol. The summed E-state index contributed by atoms with van der Waals surface area (Å²) < 4.78 is 15.7. The van der Waals surface area contributed by atoms with Crippen LogP contribution >= 0.6 is 0 Å². The molecular formula is C15H15NO4. The van der Waals surface area contributed by atoms with Crippen LogP contribution in [0.4, 0.5) is 0 Å². The lowest BCUT2D eigenvalue weighted by atomic mass is 10.1. The maximum atomic E-state index is 12.1. The zero-order chi connectivity index (χ0) is 14.1. The van der Waals surface area contributed by atoms with Crippen LogP contribution in [-0.2, 0) is 0 Å². The van der Waals surface area contributed by atoms with Crippen molar-refractivity contribution in [1.82, 2.24) is 5.32 Å². The highest BCUT2D eigenvalue weighted by Gasteiger charge is 2.18. The minimum absolute atomic E-state index is 0.133. The maximum absolute atomic E-state index is 12.1. The highest BCUT2D eigenvalue weighted by molar-refractivity contribution is 5.95. The van der Waals surface area contributed by atoms with Crippen LogP contribution in [0.15, 0.2) is 34.9 Å². The van der Waals surface area contributed by atoms with Crippen LogP contribution in [-0.4, -0.2) is 12.7 Å². The van der Waals surface area contributed by atoms with E-state index >= 15 is 0 Å². The van der Waals surface area contributed by atoms with Gasteiger partial charge in [0.1, 0.15) is 5.76 Å². The van der Waals surface area contributed by atoms with E-state index < -0.39 is 0 Å². The molecule has 1 N–H and O–H groups in total. The smallest absolute Gasteiger partial charge is 0.255 e. The fourth-order valence-electron chi connectivity index (χ4n) is 2.16. The molecule has 1 aromatic heterocycles. The van der Waals surface area contributed by atoms with Gasteiger partial charge < -0.3 is 19.2 Å². The van der Waals surface area contributed by atoms with E-state index in [0.717, 1.165) is 11.3 Å². The second-order valence-corrected chi connectivity index (χ2v) is 4.70. The standard InChI is InChI=1S/C15H15NO4/c1-9(16-15(17)12-5-6-18-10(12)2)11-3-4-13-14(7-11)20-8-19-13/h3-7,9H,8H2,1-2H3,(H,16,17)/t9-/m1/s1. The summed E-state index contributed by atoms with van der Waals surface area (Å²) in [6.45, 7) is 3.93. The Hall–Kier alpha value is -2.43. The summed E-state index contributed by atoms with van der Waals surface area (Å²) in [6, 6.07) is 7.18. The molecule has 104 valence electrons. The van der Waals surface area contributed by atoms with E-state index in [1.165, 1.54) is 6.26 Å². The van der Waals surface area contributed by atoms with E-state index in [2.05, 4.69) is 5.32 Å². The van der Waals surface area contributed by atoms with Gasteiger partial charge in [0.05, 0.1) is 17.9 Å². The van der Waals surface area contributed by atoms with Crippen molar-refractivity contribution in [2.75, 3.05) is 6.79 Å². The Morgan fingerprint density at radius 3 is 2.80 bits per heavy atom. The number of furan rings is 1. The molecule has 0 bridgehead atoms. The molecule has 5 heteroatoms. The zero-order valence-corrected chi connectivity index (χ0v) is 11.3. The monoisotopic (exact) mass is 273 g/mol. The van der Waals surface area contributed by atoms with E-state index in [-0.39, 0.29) is 18.7 Å². The Morgan fingerprint density at radius 2 is 2.05 bits per heavy atom. The minimum atomic E-state index is -0.151. The van der Waals surface area contributed by atoms with Gasteiger partial charge in [0.15, 0.2) is 11.5 Å². The van der Waals surface area contributed by atoms with Gasteiger partial charge in [0.2, 0.25) is 6.79 Å². The highest BCUT2D eigenvalue weighted by atomic mass is 16.7. The van der Waals surface area contributed by atoms with Gasteiger partial charge >= 0.3 is 0 Å². The fraction of sp³-hybridized carbons (Fsp3) is 0.267. The Morgan fingerprint density at radius 1 is 1.25 bits per heavy atom. The van der Waals surface area contributed by atoms with Gasteiger partial charge in [0.25, 0.3) is 5.91 Å². The number of amides is 1. The molecule has 5 nitrogen and oxygen atoms in total. The average Bonchev–Trinajstić information content (AvgIpc) is 3.05. The third kappa shape index (κ3) is 2.22. The first kappa shape index (κ1) is 12.6. The minimum Gasteiger partial charge on any atom is -0.469 e. The van der Waals surface area contributed by atoms with Gasteiger partial charge in [-0.15, -0.1) is 0 Å². The zero-order valence-electron chi connectivity index (χ0n) is 11.3. The fourth-order valence-corrected chi connectivity index (χ4v) is 2.16. The Bertz CT molecular complexity index is 647. The van der Waals surface area contributed by atoms with E-state index in [4.69, 9.17) is 13.9 Å². The summed E-state index contributed by atoms with van der Waals surface area (Å²) in [5.74, 6) is 1.91. The second-order valence-electron chi connectivity index (χ2n) is 4.70. The first-order valence-electron chi connectivity index (χ1n) is 6.39. The molecule has 0 saturated heterocycles. The van der Waals surface area contributed by atoms with Crippen LogP contribution in [0.5, 0.6) is 11.5 Å². The summed E-state index contributed by atoms with van der Waals surface area (Å²) in [7, 11) is 0. The van der Waals surface area contributed by atoms with Gasteiger partial charge in [-0.2, -0.15) is 0 Å². The molecule has 0 unspecified atom stereocenters. The number of benzene rings is 1. The number of aryl methyl sites for hydroxylation is 1. The lowest BCUT2D eigenvalue weighted by Crippen LogP contribution is -2.26. The number of nitrogens with one attached hydrogen (secondary N) is 1. The number of ether oxygens (including phenoxy) is 2. The number of fused-ring (bicyclic) bond motifs is 1. The molecule has 2 aromatic rings. The molecule has 0 fully saturated rings. The molecule has 2 heterocycles. The van der Waals surface area contributed by atoms with Crippen molar-refractivity contribution in [3.8, 4) is 11.5 Å². The highest BCUT2D eigenvalue weighted by Crippen LogP contribution is 2.34. The molecule has 1 aromatic carbocycles. The second kappa shape index (κ2) is 4.92. The molecule has 0 radical (unpaired) electrons. The van der Waals surface area contributed by atoms with Crippen molar-refractivity contribution in [3.63, 3.8) is 0 Å². The summed E-state index contributed by atoms with van der Waals surface area (Å²) in [5, 5.41) is 2.94. The van der Waals surface area contributed by atoms with Crippen LogP contribution in [0.3, 0.4) is 0 Å². The molecule has 0 aliphatic carbocycles. The lowest BCUT2D eigenvalue weighted by molar-refractivity contribution is 0.0938. The summed E-state index contributed by atoms with van der Waals surface area (Å²) in [5.41, 5.74) is 1.52. The summed E-state index contributed by atoms with van der Waals surface area (Å²) in [6.07, 6.45) is 1.51. The number of hydrogen-bond acceptors (Lipinski definition) is 4. The van der Waals surface area contributed by atoms with Gasteiger partial charge in [-0.25, -0.2) is 0 Å². The molecule has 1 aliphatic rings. The SMILES string of the molecule is Cc1occc1C(=O)N[C@H](C)c1ccc2c(c1)OCO2. The van der Waals surface area contributed by atoms with E-state index in [1.54, 1.807) is 13.0 Å². The van der Waals surface area contributed by atoms with Crippen LogP contribution in [0.1, 0.15) is 34.6 Å². The molecule has 0 saturated carbocycles. The van der Waals surface area contributed by atoms with Crippen LogP contribution < -0.4 is 14.8 Å². The van der Waals surface area contributed by atoms with Gasteiger partial charge in [0, 0.05) is 0 Å². The normalized spacial score (nSPS) is 14.1. The molecule has 1 atom stereocenters. The Kier molecular flexibility index (Phi) is 3.10. The van der Waals surface area contributed by atoms with Crippen molar-refractivity contribution in [2.24, 2.45) is 0 Å². The number of rotatable bonds is 3. The van der Waals surface area contributed by atoms with Crippen LogP contribution in [0, 0.1) is 6.92 Å². The number of hydrogen-bond donors (Lipinski definition) is 1. The van der Waals surface area contributed by atoms with E-state index in [0.29, 0.717) is 17.1 Å². The predicted octanol–water partition coefficient (Wildman–Crippen LogP) is 2.81. The van der Waals surface area contributed by atoms with Crippen molar-refractivity contribution in [3.05, 3.63) is 47.4 Å². The number of carbonyl (C=O) groups excluding carboxylic acids is 1. The maximum Gasteiger partial charge on any atom is 0.255 e. The first-order chi connectivity index (χ1) is 9.65. The molecule has 20 heavy (non-hydrogen) atoms. The molecule has 1 amide bonds. The van der Waals surface area contributed by atoms with Gasteiger partial charge in [-0.05, 0) is 37.6 Å². The Labute approximate surface area is 116 Å². The first-order valence-corrected chi connectivity index (χ1v) is 6.39. The van der Waals surface area contributed by atoms with Crippen LogP contribution in [0.2, 0.25) is 0 Å². The summed E-state index contributed by atoms with van der Waals surface area (Å²) >= 11 is 0. The third-order valence-electron chi connectivity index (χ3n) is 3.35. The topological polar surface area (TPSA) is 60.7 Å². The van der Waals surface area contributed by atoms with Gasteiger partial charge in [-0.3, -0.25) is 4.79 Å². The van der Waals surface area contributed by atoms with Crippen molar-refractivity contribution >= 4 is 5.91 Å². The Balaban J connectivity index is 1.75.